The van der Waals surface area contributed by atoms with Crippen molar-refractivity contribution in [3.05, 3.63) is 53.8 Å². The number of rotatable bonds is 6. The second-order valence-electron chi connectivity index (χ2n) is 8.09. The Balaban J connectivity index is 1.43. The molecule has 2 saturated heterocycles. The number of hydrogen-bond acceptors (Lipinski definition) is 5. The molecule has 0 aliphatic carbocycles. The maximum Gasteiger partial charge on any atom is 0.414 e. The molecular weight excluding hydrogens is 401 g/mol. The van der Waals surface area contributed by atoms with Crippen LogP contribution in [0.4, 0.5) is 14.9 Å². The van der Waals surface area contributed by atoms with Crippen LogP contribution in [0.3, 0.4) is 0 Å². The molecule has 0 aromatic heterocycles. The first kappa shape index (κ1) is 21.3. The Kier molecular flexibility index (Phi) is 6.20. The molecule has 2 aromatic rings. The highest BCUT2D eigenvalue weighted by atomic mass is 19.1. The van der Waals surface area contributed by atoms with E-state index in [-0.39, 0.29) is 25.1 Å². The lowest BCUT2D eigenvalue weighted by atomic mass is 10.0. The molecule has 8 heteroatoms. The molecule has 0 bridgehead atoms. The highest BCUT2D eigenvalue weighted by Gasteiger charge is 2.32. The van der Waals surface area contributed by atoms with Gasteiger partial charge in [0.1, 0.15) is 11.9 Å². The number of carbonyl (C=O) groups excluding carboxylic acids is 2. The number of nitrogens with one attached hydrogen (secondary N) is 1. The number of ether oxygens (including phenoxy) is 1. The Hall–Kier alpha value is -2.97. The van der Waals surface area contributed by atoms with Crippen molar-refractivity contribution < 1.29 is 23.8 Å². The first-order chi connectivity index (χ1) is 14.9. The van der Waals surface area contributed by atoms with E-state index in [1.165, 1.54) is 17.9 Å². The van der Waals surface area contributed by atoms with Crippen LogP contribution in [0.15, 0.2) is 42.5 Å². The second kappa shape index (κ2) is 9.03. The fourth-order valence-electron chi connectivity index (χ4n) is 4.01. The highest BCUT2D eigenvalue weighted by molar-refractivity contribution is 5.90. The summed E-state index contributed by atoms with van der Waals surface area (Å²) >= 11 is 0. The summed E-state index contributed by atoms with van der Waals surface area (Å²) in [5, 5.41) is 12.3. The van der Waals surface area contributed by atoms with Crippen molar-refractivity contribution in [3.63, 3.8) is 0 Å². The van der Waals surface area contributed by atoms with Crippen molar-refractivity contribution in [2.75, 3.05) is 31.1 Å². The standard InChI is InChI=1S/C23H26FN3O4/c1-15(28)25-11-20-14-27(23(30)31-20)18-6-7-21(22(24)10-18)17-4-2-16(3-5-17)12-26-9-8-19(29)13-26/h2-7,10,19-20,29H,8-9,11-14H2,1H3,(H,25,28)/t19?,20-/m0/s1. The van der Waals surface area contributed by atoms with Crippen molar-refractivity contribution in [2.45, 2.75) is 32.1 Å². The van der Waals surface area contributed by atoms with Gasteiger partial charge >= 0.3 is 6.09 Å². The monoisotopic (exact) mass is 427 g/mol. The van der Waals surface area contributed by atoms with Gasteiger partial charge in [-0.3, -0.25) is 14.6 Å². The quantitative estimate of drug-likeness (QED) is 0.741. The number of anilines is 1. The molecule has 0 spiro atoms. The molecule has 2 fully saturated rings. The van der Waals surface area contributed by atoms with E-state index in [9.17, 15) is 19.1 Å². The van der Waals surface area contributed by atoms with Gasteiger partial charge in [0.15, 0.2) is 0 Å². The molecule has 0 radical (unpaired) electrons. The Morgan fingerprint density at radius 3 is 2.65 bits per heavy atom. The summed E-state index contributed by atoms with van der Waals surface area (Å²) in [6.07, 6.45) is -0.475. The number of amides is 2. The lowest BCUT2D eigenvalue weighted by Crippen LogP contribution is -2.33. The van der Waals surface area contributed by atoms with Crippen molar-refractivity contribution >= 4 is 17.7 Å². The number of aliphatic hydroxyl groups excluding tert-OH is 1. The molecule has 2 N–H and O–H groups in total. The van der Waals surface area contributed by atoms with Crippen LogP contribution in [-0.2, 0) is 16.1 Å². The van der Waals surface area contributed by atoms with Crippen LogP contribution >= 0.6 is 0 Å². The van der Waals surface area contributed by atoms with Crippen LogP contribution < -0.4 is 10.2 Å². The Labute approximate surface area is 180 Å². The van der Waals surface area contributed by atoms with Crippen LogP contribution in [0.5, 0.6) is 0 Å². The minimum atomic E-state index is -0.557. The molecule has 2 atom stereocenters. The van der Waals surface area contributed by atoms with E-state index in [0.29, 0.717) is 17.8 Å². The molecule has 2 aliphatic rings. The molecular formula is C23H26FN3O4. The van der Waals surface area contributed by atoms with Gasteiger partial charge in [0.25, 0.3) is 0 Å². The van der Waals surface area contributed by atoms with Crippen molar-refractivity contribution in [2.24, 2.45) is 0 Å². The molecule has 2 amide bonds. The van der Waals surface area contributed by atoms with E-state index in [1.807, 2.05) is 24.3 Å². The summed E-state index contributed by atoms with van der Waals surface area (Å²) in [6, 6.07) is 12.4. The van der Waals surface area contributed by atoms with E-state index in [0.717, 1.165) is 30.6 Å². The van der Waals surface area contributed by atoms with Crippen LogP contribution in [-0.4, -0.2) is 60.4 Å². The fraction of sp³-hybridized carbons (Fsp3) is 0.391. The summed E-state index contributed by atoms with van der Waals surface area (Å²) in [7, 11) is 0. The summed E-state index contributed by atoms with van der Waals surface area (Å²) in [4.78, 5) is 26.8. The second-order valence-corrected chi connectivity index (χ2v) is 8.09. The van der Waals surface area contributed by atoms with Gasteiger partial charge in [-0.1, -0.05) is 24.3 Å². The Morgan fingerprint density at radius 1 is 1.23 bits per heavy atom. The summed E-state index contributed by atoms with van der Waals surface area (Å²) in [6.45, 7) is 4.19. The summed E-state index contributed by atoms with van der Waals surface area (Å²) in [5.74, 6) is -0.625. The van der Waals surface area contributed by atoms with Crippen LogP contribution in [0.25, 0.3) is 11.1 Å². The van der Waals surface area contributed by atoms with Gasteiger partial charge in [0.05, 0.1) is 24.9 Å². The van der Waals surface area contributed by atoms with E-state index in [4.69, 9.17) is 4.74 Å². The van der Waals surface area contributed by atoms with Gasteiger partial charge in [-0.2, -0.15) is 0 Å². The Bertz CT molecular complexity index is 966. The summed E-state index contributed by atoms with van der Waals surface area (Å²) in [5.41, 5.74) is 2.73. The number of likely N-dealkylation sites (tertiary alicyclic amines) is 1. The van der Waals surface area contributed by atoms with E-state index in [2.05, 4.69) is 10.2 Å². The molecule has 1 unspecified atom stereocenters. The van der Waals surface area contributed by atoms with Gasteiger partial charge in [-0.05, 0) is 35.7 Å². The third-order valence-corrected chi connectivity index (χ3v) is 5.64. The molecule has 7 nitrogen and oxygen atoms in total. The van der Waals surface area contributed by atoms with Gasteiger partial charge in [-0.15, -0.1) is 0 Å². The van der Waals surface area contributed by atoms with E-state index >= 15 is 0 Å². The van der Waals surface area contributed by atoms with Gasteiger partial charge < -0.3 is 15.2 Å². The van der Waals surface area contributed by atoms with Crippen molar-refractivity contribution in [1.29, 1.82) is 0 Å². The predicted octanol–water partition coefficient (Wildman–Crippen LogP) is 2.52. The lowest BCUT2D eigenvalue weighted by Gasteiger charge is -2.16. The number of hydrogen-bond donors (Lipinski definition) is 2. The van der Waals surface area contributed by atoms with Crippen LogP contribution in [0, 0.1) is 5.82 Å². The molecule has 31 heavy (non-hydrogen) atoms. The first-order valence-corrected chi connectivity index (χ1v) is 10.4. The first-order valence-electron chi connectivity index (χ1n) is 10.4. The van der Waals surface area contributed by atoms with E-state index < -0.39 is 18.0 Å². The maximum atomic E-state index is 14.9. The number of β-amino-alcohol motifs (C(OH)–C–C–N with tert-alkyl or cyclic N) is 1. The normalized spacial score (nSPS) is 21.4. The minimum absolute atomic E-state index is 0.200. The van der Waals surface area contributed by atoms with Gasteiger partial charge in [0.2, 0.25) is 5.91 Å². The van der Waals surface area contributed by atoms with Crippen molar-refractivity contribution in [3.8, 4) is 11.1 Å². The number of aliphatic hydroxyl groups is 1. The van der Waals surface area contributed by atoms with E-state index in [1.54, 1.807) is 12.1 Å². The van der Waals surface area contributed by atoms with Gasteiger partial charge in [0, 0.05) is 32.1 Å². The predicted molar refractivity (Wildman–Crippen MR) is 114 cm³/mol. The third-order valence-electron chi connectivity index (χ3n) is 5.64. The molecule has 164 valence electrons. The smallest absolute Gasteiger partial charge is 0.414 e. The number of halogens is 1. The van der Waals surface area contributed by atoms with Crippen LogP contribution in [0.1, 0.15) is 18.9 Å². The maximum absolute atomic E-state index is 14.9. The molecule has 2 aliphatic heterocycles. The average Bonchev–Trinajstić information content (AvgIpc) is 3.32. The lowest BCUT2D eigenvalue weighted by molar-refractivity contribution is -0.119. The largest absolute Gasteiger partial charge is 0.442 e. The van der Waals surface area contributed by atoms with Crippen molar-refractivity contribution in [1.82, 2.24) is 10.2 Å². The zero-order chi connectivity index (χ0) is 22.0. The average molecular weight is 427 g/mol. The van der Waals surface area contributed by atoms with Crippen LogP contribution in [0.2, 0.25) is 0 Å². The third kappa shape index (κ3) is 5.03. The number of carbonyl (C=O) groups is 2. The zero-order valence-electron chi connectivity index (χ0n) is 17.4. The molecule has 2 aromatic carbocycles. The minimum Gasteiger partial charge on any atom is -0.442 e. The summed E-state index contributed by atoms with van der Waals surface area (Å²) < 4.78 is 20.1. The highest BCUT2D eigenvalue weighted by Crippen LogP contribution is 2.29. The molecule has 0 saturated carbocycles. The molecule has 4 rings (SSSR count). The zero-order valence-corrected chi connectivity index (χ0v) is 17.4. The number of benzene rings is 2. The fourth-order valence-corrected chi connectivity index (χ4v) is 4.01. The number of cyclic esters (lactones) is 1. The SMILES string of the molecule is CC(=O)NC[C@H]1CN(c2ccc(-c3ccc(CN4CCC(O)C4)cc3)c(F)c2)C(=O)O1. The van der Waals surface area contributed by atoms with Gasteiger partial charge in [-0.25, -0.2) is 9.18 Å². The molecule has 2 heterocycles. The topological polar surface area (TPSA) is 82.1 Å². The number of nitrogens with zero attached hydrogens (tertiary/aromatic N) is 2. The Morgan fingerprint density at radius 2 is 2.00 bits per heavy atom.